The molecule has 2 aromatic carbocycles. The van der Waals surface area contributed by atoms with Crippen LogP contribution in [0.1, 0.15) is 66.7 Å². The van der Waals surface area contributed by atoms with Gasteiger partial charge in [-0.15, -0.1) is 0 Å². The highest BCUT2D eigenvalue weighted by Crippen LogP contribution is 2.31. The molecule has 1 heterocycles. The Morgan fingerprint density at radius 3 is 2.22 bits per heavy atom. The Morgan fingerprint density at radius 1 is 0.917 bits per heavy atom. The summed E-state index contributed by atoms with van der Waals surface area (Å²) < 4.78 is 0. The van der Waals surface area contributed by atoms with Crippen molar-refractivity contribution in [3.63, 3.8) is 0 Å². The number of nitrogens with one attached hydrogen (secondary N) is 2. The van der Waals surface area contributed by atoms with Crippen LogP contribution in [0.25, 0.3) is 0 Å². The van der Waals surface area contributed by atoms with Crippen LogP contribution in [0.3, 0.4) is 0 Å². The average Bonchev–Trinajstić information content (AvgIpc) is 2.89. The Morgan fingerprint density at radius 2 is 1.61 bits per heavy atom. The third kappa shape index (κ3) is 6.16. The zero-order valence-electron chi connectivity index (χ0n) is 20.7. The summed E-state index contributed by atoms with van der Waals surface area (Å²) in [5.74, 6) is -0.790. The lowest BCUT2D eigenvalue weighted by molar-refractivity contribution is -0.123. The minimum Gasteiger partial charge on any atom is -0.351 e. The van der Waals surface area contributed by atoms with Crippen molar-refractivity contribution in [1.82, 2.24) is 10.3 Å². The lowest BCUT2D eigenvalue weighted by Gasteiger charge is -2.33. The molecule has 1 saturated carbocycles. The number of pyridine rings is 1. The number of amides is 3. The van der Waals surface area contributed by atoms with E-state index >= 15 is 0 Å². The molecular formula is C29H32N4O3. The van der Waals surface area contributed by atoms with Gasteiger partial charge in [0.2, 0.25) is 11.8 Å². The van der Waals surface area contributed by atoms with Crippen LogP contribution >= 0.6 is 0 Å². The van der Waals surface area contributed by atoms with Gasteiger partial charge in [-0.2, -0.15) is 0 Å². The van der Waals surface area contributed by atoms with Crippen molar-refractivity contribution in [3.05, 3.63) is 89.7 Å². The molecular weight excluding hydrogens is 452 g/mol. The highest BCUT2D eigenvalue weighted by Gasteiger charge is 2.35. The lowest BCUT2D eigenvalue weighted by atomic mass is 9.94. The molecule has 186 valence electrons. The van der Waals surface area contributed by atoms with Gasteiger partial charge in [-0.3, -0.25) is 24.3 Å². The SMILES string of the molecule is CC(=O)Nc1ccc(N(C(=O)c2ccccn2)C(C(=O)NC2CCCCC2)c2ccc(C)cc2)cc1. The molecule has 1 aliphatic rings. The standard InChI is InChI=1S/C29H32N4O3/c1-20-11-13-22(14-12-20)27(28(35)32-23-8-4-3-5-9-23)33(29(36)26-10-6-7-19-30-26)25-17-15-24(16-18-25)31-21(2)34/h6-7,10-19,23,27H,3-5,8-9H2,1-2H3,(H,31,34)(H,32,35). The predicted octanol–water partition coefficient (Wildman–Crippen LogP) is 5.19. The van der Waals surface area contributed by atoms with E-state index < -0.39 is 6.04 Å². The fourth-order valence-electron chi connectivity index (χ4n) is 4.60. The number of hydrogen-bond acceptors (Lipinski definition) is 4. The molecule has 2 N–H and O–H groups in total. The monoisotopic (exact) mass is 484 g/mol. The Balaban J connectivity index is 1.78. The molecule has 3 aromatic rings. The van der Waals surface area contributed by atoms with Crippen molar-refractivity contribution >= 4 is 29.1 Å². The normalized spacial score (nSPS) is 14.5. The molecule has 1 unspecified atom stereocenters. The molecule has 0 radical (unpaired) electrons. The number of benzene rings is 2. The number of nitrogens with zero attached hydrogens (tertiary/aromatic N) is 2. The van der Waals surface area contributed by atoms with Crippen molar-refractivity contribution < 1.29 is 14.4 Å². The summed E-state index contributed by atoms with van der Waals surface area (Å²) >= 11 is 0. The Labute approximate surface area is 211 Å². The van der Waals surface area contributed by atoms with Crippen LogP contribution in [0.2, 0.25) is 0 Å². The van der Waals surface area contributed by atoms with Crippen LogP contribution in [-0.4, -0.2) is 28.7 Å². The number of anilines is 2. The maximum atomic E-state index is 13.9. The van der Waals surface area contributed by atoms with Gasteiger partial charge in [0.25, 0.3) is 5.91 Å². The zero-order chi connectivity index (χ0) is 25.5. The average molecular weight is 485 g/mol. The van der Waals surface area contributed by atoms with E-state index in [1.54, 1.807) is 48.7 Å². The number of rotatable bonds is 7. The van der Waals surface area contributed by atoms with Gasteiger partial charge in [-0.1, -0.05) is 55.2 Å². The van der Waals surface area contributed by atoms with Crippen LogP contribution in [0, 0.1) is 6.92 Å². The summed E-state index contributed by atoms with van der Waals surface area (Å²) in [6, 6.07) is 18.9. The largest absolute Gasteiger partial charge is 0.351 e. The third-order valence-electron chi connectivity index (χ3n) is 6.42. The van der Waals surface area contributed by atoms with Crippen LogP contribution in [0.5, 0.6) is 0 Å². The van der Waals surface area contributed by atoms with Crippen LogP contribution in [0.15, 0.2) is 72.9 Å². The predicted molar refractivity (Wildman–Crippen MR) is 141 cm³/mol. The maximum Gasteiger partial charge on any atom is 0.277 e. The van der Waals surface area contributed by atoms with Crippen molar-refractivity contribution in [3.8, 4) is 0 Å². The van der Waals surface area contributed by atoms with Crippen molar-refractivity contribution in [1.29, 1.82) is 0 Å². The van der Waals surface area contributed by atoms with Gasteiger partial charge >= 0.3 is 0 Å². The van der Waals surface area contributed by atoms with E-state index in [1.165, 1.54) is 18.2 Å². The maximum absolute atomic E-state index is 13.9. The van der Waals surface area contributed by atoms with Crippen LogP contribution in [0.4, 0.5) is 11.4 Å². The summed E-state index contributed by atoms with van der Waals surface area (Å²) in [7, 11) is 0. The third-order valence-corrected chi connectivity index (χ3v) is 6.42. The minimum absolute atomic E-state index is 0.0909. The second-order valence-corrected chi connectivity index (χ2v) is 9.27. The lowest BCUT2D eigenvalue weighted by Crippen LogP contribution is -2.47. The first kappa shape index (κ1) is 25.1. The highest BCUT2D eigenvalue weighted by atomic mass is 16.2. The van der Waals surface area contributed by atoms with Crippen LogP contribution < -0.4 is 15.5 Å². The Bertz CT molecular complexity index is 1190. The first-order valence-corrected chi connectivity index (χ1v) is 12.4. The highest BCUT2D eigenvalue weighted by molar-refractivity contribution is 6.09. The van der Waals surface area contributed by atoms with E-state index in [1.807, 2.05) is 31.2 Å². The number of aromatic nitrogens is 1. The topological polar surface area (TPSA) is 91.4 Å². The number of hydrogen-bond donors (Lipinski definition) is 2. The molecule has 0 spiro atoms. The van der Waals surface area contributed by atoms with Gasteiger partial charge in [0, 0.05) is 30.5 Å². The molecule has 7 heteroatoms. The van der Waals surface area contributed by atoms with E-state index in [0.717, 1.165) is 31.2 Å². The fourth-order valence-corrected chi connectivity index (χ4v) is 4.60. The first-order valence-electron chi connectivity index (χ1n) is 12.4. The second-order valence-electron chi connectivity index (χ2n) is 9.27. The molecule has 0 aliphatic heterocycles. The van der Waals surface area contributed by atoms with Gasteiger partial charge in [-0.05, 0) is 61.7 Å². The van der Waals surface area contributed by atoms with E-state index in [0.29, 0.717) is 16.9 Å². The summed E-state index contributed by atoms with van der Waals surface area (Å²) in [4.78, 5) is 45.0. The quantitative estimate of drug-likeness (QED) is 0.483. The Kier molecular flexibility index (Phi) is 8.10. The van der Waals surface area contributed by atoms with Crippen LogP contribution in [-0.2, 0) is 9.59 Å². The molecule has 0 saturated heterocycles. The zero-order valence-corrected chi connectivity index (χ0v) is 20.7. The summed E-state index contributed by atoms with van der Waals surface area (Å²) in [5, 5.41) is 5.96. The van der Waals surface area contributed by atoms with Gasteiger partial charge < -0.3 is 10.6 Å². The molecule has 1 aliphatic carbocycles. The summed E-state index contributed by atoms with van der Waals surface area (Å²) in [5.41, 5.74) is 3.15. The number of aryl methyl sites for hydroxylation is 1. The number of carbonyl (C=O) groups excluding carboxylic acids is 3. The summed E-state index contributed by atoms with van der Waals surface area (Å²) in [6.45, 7) is 3.42. The smallest absolute Gasteiger partial charge is 0.277 e. The molecule has 36 heavy (non-hydrogen) atoms. The molecule has 1 fully saturated rings. The van der Waals surface area contributed by atoms with E-state index in [4.69, 9.17) is 0 Å². The molecule has 3 amide bonds. The fraction of sp³-hybridized carbons (Fsp3) is 0.310. The minimum atomic E-state index is -0.895. The molecule has 0 bridgehead atoms. The Hall–Kier alpha value is -4.00. The first-order chi connectivity index (χ1) is 17.4. The summed E-state index contributed by atoms with van der Waals surface area (Å²) in [6.07, 6.45) is 6.79. The van der Waals surface area contributed by atoms with Crippen molar-refractivity contribution in [2.45, 2.75) is 58.0 Å². The molecule has 4 rings (SSSR count). The molecule has 1 atom stereocenters. The van der Waals surface area contributed by atoms with E-state index in [2.05, 4.69) is 15.6 Å². The van der Waals surface area contributed by atoms with Gasteiger partial charge in [0.15, 0.2) is 0 Å². The molecule has 1 aromatic heterocycles. The second kappa shape index (κ2) is 11.6. The van der Waals surface area contributed by atoms with Gasteiger partial charge in [0.05, 0.1) is 0 Å². The van der Waals surface area contributed by atoms with Gasteiger partial charge in [0.1, 0.15) is 11.7 Å². The van der Waals surface area contributed by atoms with E-state index in [-0.39, 0.29) is 29.5 Å². The van der Waals surface area contributed by atoms with E-state index in [9.17, 15) is 14.4 Å². The van der Waals surface area contributed by atoms with Crippen molar-refractivity contribution in [2.75, 3.05) is 10.2 Å². The molecule has 7 nitrogen and oxygen atoms in total. The number of carbonyl (C=O) groups is 3. The van der Waals surface area contributed by atoms with Gasteiger partial charge in [-0.25, -0.2) is 0 Å². The van der Waals surface area contributed by atoms with Crippen molar-refractivity contribution in [2.24, 2.45) is 0 Å².